The normalized spacial score (nSPS) is 13.5. The maximum Gasteiger partial charge on any atom is 0.267 e. The zero-order valence-electron chi connectivity index (χ0n) is 13.2. The number of nitrogens with zero attached hydrogens (tertiary/aromatic N) is 2. The third-order valence-electron chi connectivity index (χ3n) is 4.16. The fraction of sp³-hybridized carbons (Fsp3) is 0.278. The van der Waals surface area contributed by atoms with Crippen molar-refractivity contribution in [1.82, 2.24) is 4.98 Å². The van der Waals surface area contributed by atoms with Crippen LogP contribution in [0.25, 0.3) is 0 Å². The van der Waals surface area contributed by atoms with E-state index in [4.69, 9.17) is 5.73 Å². The zero-order valence-corrected chi connectivity index (χ0v) is 14.8. The van der Waals surface area contributed by atoms with E-state index in [9.17, 15) is 9.59 Å². The average Bonchev–Trinajstić information content (AvgIpc) is 2.59. The highest BCUT2D eigenvalue weighted by molar-refractivity contribution is 9.10. The molecule has 1 aromatic heterocycles. The minimum absolute atomic E-state index is 0.0147. The van der Waals surface area contributed by atoms with E-state index in [2.05, 4.69) is 20.9 Å². The fourth-order valence-electron chi connectivity index (χ4n) is 2.90. The first kappa shape index (κ1) is 16.6. The molecule has 0 spiro atoms. The third kappa shape index (κ3) is 3.48. The molecule has 3 rings (SSSR count). The molecular weight excluding hydrogens is 370 g/mol. The summed E-state index contributed by atoms with van der Waals surface area (Å²) >= 11 is 3.51. The number of primary amides is 1. The number of rotatable bonds is 4. The van der Waals surface area contributed by atoms with E-state index < -0.39 is 5.91 Å². The highest BCUT2D eigenvalue weighted by Gasteiger charge is 2.24. The van der Waals surface area contributed by atoms with Crippen molar-refractivity contribution < 1.29 is 9.59 Å². The molecule has 2 N–H and O–H groups in total. The summed E-state index contributed by atoms with van der Waals surface area (Å²) in [5, 5.41) is 0. The van der Waals surface area contributed by atoms with E-state index >= 15 is 0 Å². The van der Waals surface area contributed by atoms with E-state index in [1.165, 1.54) is 0 Å². The van der Waals surface area contributed by atoms with Crippen molar-refractivity contribution >= 4 is 33.6 Å². The Morgan fingerprint density at radius 3 is 2.75 bits per heavy atom. The molecule has 1 aromatic carbocycles. The number of hydrogen-bond acceptors (Lipinski definition) is 3. The Morgan fingerprint density at radius 2 is 2.00 bits per heavy atom. The second-order valence-corrected chi connectivity index (χ2v) is 6.64. The highest BCUT2D eigenvalue weighted by atomic mass is 79.9. The summed E-state index contributed by atoms with van der Waals surface area (Å²) < 4.78 is 1.01. The van der Waals surface area contributed by atoms with Gasteiger partial charge in [0.15, 0.2) is 0 Å². The van der Waals surface area contributed by atoms with Crippen LogP contribution in [0.3, 0.4) is 0 Å². The molecule has 0 saturated heterocycles. The summed E-state index contributed by atoms with van der Waals surface area (Å²) in [7, 11) is 0. The van der Waals surface area contributed by atoms with Crippen molar-refractivity contribution in [3.8, 4) is 0 Å². The van der Waals surface area contributed by atoms with Crippen molar-refractivity contribution in [3.63, 3.8) is 0 Å². The van der Waals surface area contributed by atoms with Crippen LogP contribution < -0.4 is 10.6 Å². The van der Waals surface area contributed by atoms with Crippen molar-refractivity contribution in [2.75, 3.05) is 11.4 Å². The molecular formula is C18H18BrN3O2. The number of carbonyl (C=O) groups is 2. The van der Waals surface area contributed by atoms with Gasteiger partial charge in [-0.2, -0.15) is 0 Å². The number of halogens is 1. The SMILES string of the molecule is NC(=O)c1ccc2c(n1)N(C(=O)CCc1ccccc1Br)CCC2. The van der Waals surface area contributed by atoms with Crippen LogP contribution >= 0.6 is 15.9 Å². The predicted molar refractivity (Wildman–Crippen MR) is 95.9 cm³/mol. The minimum atomic E-state index is -0.580. The predicted octanol–water partition coefficient (Wildman–Crippen LogP) is 2.86. The third-order valence-corrected chi connectivity index (χ3v) is 4.93. The second kappa shape index (κ2) is 7.13. The lowest BCUT2D eigenvalue weighted by Crippen LogP contribution is -2.37. The average molecular weight is 388 g/mol. The Kier molecular flexibility index (Phi) is 4.94. The molecule has 2 heterocycles. The lowest BCUT2D eigenvalue weighted by molar-refractivity contribution is -0.118. The standard InChI is InChI=1S/C18H18BrN3O2/c19-14-6-2-1-4-12(14)8-10-16(23)22-11-3-5-13-7-9-15(17(20)24)21-18(13)22/h1-2,4,6-7,9H,3,5,8,10-11H2,(H2,20,24). The first-order chi connectivity index (χ1) is 11.6. The Bertz CT molecular complexity index is 792. The van der Waals surface area contributed by atoms with Crippen molar-refractivity contribution in [3.05, 3.63) is 57.7 Å². The molecule has 0 unspecified atom stereocenters. The number of anilines is 1. The first-order valence-corrected chi connectivity index (χ1v) is 8.69. The van der Waals surface area contributed by atoms with Crippen molar-refractivity contribution in [2.45, 2.75) is 25.7 Å². The van der Waals surface area contributed by atoms with E-state index in [-0.39, 0.29) is 11.6 Å². The Balaban J connectivity index is 1.78. The van der Waals surface area contributed by atoms with Crippen LogP contribution in [-0.4, -0.2) is 23.3 Å². The number of pyridine rings is 1. The van der Waals surface area contributed by atoms with E-state index in [0.717, 1.165) is 28.4 Å². The molecule has 2 aromatic rings. The van der Waals surface area contributed by atoms with Gasteiger partial charge in [0.1, 0.15) is 11.5 Å². The number of fused-ring (bicyclic) bond motifs is 1. The quantitative estimate of drug-likeness (QED) is 0.875. The summed E-state index contributed by atoms with van der Waals surface area (Å²) in [6.45, 7) is 0.622. The van der Waals surface area contributed by atoms with Crippen LogP contribution in [0.2, 0.25) is 0 Å². The molecule has 0 saturated carbocycles. The summed E-state index contributed by atoms with van der Waals surface area (Å²) in [4.78, 5) is 30.0. The van der Waals surface area contributed by atoms with Crippen molar-refractivity contribution in [2.24, 2.45) is 5.73 Å². The number of aromatic nitrogens is 1. The zero-order chi connectivity index (χ0) is 17.1. The van der Waals surface area contributed by atoms with Gasteiger partial charge in [0.2, 0.25) is 5.91 Å². The van der Waals surface area contributed by atoms with E-state index in [1.807, 2.05) is 30.3 Å². The maximum atomic E-state index is 12.7. The number of amides is 2. The molecule has 0 radical (unpaired) electrons. The topological polar surface area (TPSA) is 76.3 Å². The number of benzene rings is 1. The number of nitrogens with two attached hydrogens (primary N) is 1. The molecule has 5 nitrogen and oxygen atoms in total. The largest absolute Gasteiger partial charge is 0.364 e. The molecule has 6 heteroatoms. The second-order valence-electron chi connectivity index (χ2n) is 5.78. The summed E-state index contributed by atoms with van der Waals surface area (Å²) in [6, 6.07) is 11.3. The summed E-state index contributed by atoms with van der Waals surface area (Å²) in [5.41, 5.74) is 7.59. The van der Waals surface area contributed by atoms with Gasteiger partial charge < -0.3 is 5.73 Å². The molecule has 0 atom stereocenters. The van der Waals surface area contributed by atoms with Gasteiger partial charge in [0.25, 0.3) is 5.91 Å². The monoisotopic (exact) mass is 387 g/mol. The van der Waals surface area contributed by atoms with Crippen LogP contribution in [0, 0.1) is 0 Å². The molecule has 0 fully saturated rings. The van der Waals surface area contributed by atoms with E-state index in [0.29, 0.717) is 25.2 Å². The molecule has 2 amide bonds. The van der Waals surface area contributed by atoms with Crippen LogP contribution in [0.4, 0.5) is 5.82 Å². The van der Waals surface area contributed by atoms with Crippen molar-refractivity contribution in [1.29, 1.82) is 0 Å². The Labute approximate surface area is 149 Å². The van der Waals surface area contributed by atoms with Gasteiger partial charge >= 0.3 is 0 Å². The fourth-order valence-corrected chi connectivity index (χ4v) is 3.38. The first-order valence-electron chi connectivity index (χ1n) is 7.90. The smallest absolute Gasteiger partial charge is 0.267 e. The van der Waals surface area contributed by atoms with Gasteiger partial charge in [0, 0.05) is 17.4 Å². The maximum absolute atomic E-state index is 12.7. The van der Waals surface area contributed by atoms with Crippen LogP contribution in [0.1, 0.15) is 34.5 Å². The number of aryl methyl sites for hydroxylation is 2. The van der Waals surface area contributed by atoms with Gasteiger partial charge in [-0.25, -0.2) is 4.98 Å². The van der Waals surface area contributed by atoms with Crippen LogP contribution in [0.5, 0.6) is 0 Å². The summed E-state index contributed by atoms with van der Waals surface area (Å²) in [5.74, 6) is 0.0134. The van der Waals surface area contributed by atoms with Crippen LogP contribution in [-0.2, 0) is 17.6 Å². The number of hydrogen-bond donors (Lipinski definition) is 1. The molecule has 1 aliphatic heterocycles. The molecule has 1 aliphatic rings. The molecule has 24 heavy (non-hydrogen) atoms. The van der Waals surface area contributed by atoms with Gasteiger partial charge in [-0.05, 0) is 42.5 Å². The molecule has 0 aliphatic carbocycles. The van der Waals surface area contributed by atoms with Gasteiger partial charge in [-0.3, -0.25) is 14.5 Å². The van der Waals surface area contributed by atoms with E-state index in [1.54, 1.807) is 11.0 Å². The number of carbonyl (C=O) groups excluding carboxylic acids is 2. The summed E-state index contributed by atoms with van der Waals surface area (Å²) in [6.07, 6.45) is 2.80. The molecule has 0 bridgehead atoms. The minimum Gasteiger partial charge on any atom is -0.364 e. The highest BCUT2D eigenvalue weighted by Crippen LogP contribution is 2.26. The van der Waals surface area contributed by atoms with Gasteiger partial charge in [-0.1, -0.05) is 40.2 Å². The lowest BCUT2D eigenvalue weighted by Gasteiger charge is -2.28. The van der Waals surface area contributed by atoms with Gasteiger partial charge in [0.05, 0.1) is 0 Å². The Hall–Kier alpha value is -2.21. The molecule has 124 valence electrons. The van der Waals surface area contributed by atoms with Crippen LogP contribution in [0.15, 0.2) is 40.9 Å². The lowest BCUT2D eigenvalue weighted by atomic mass is 10.0. The van der Waals surface area contributed by atoms with Gasteiger partial charge in [-0.15, -0.1) is 0 Å². The Morgan fingerprint density at radius 1 is 1.21 bits per heavy atom.